The van der Waals surface area contributed by atoms with Gasteiger partial charge in [0.2, 0.25) is 0 Å². The van der Waals surface area contributed by atoms with Gasteiger partial charge in [-0.05, 0) is 0 Å². The number of ether oxygens (including phenoxy) is 1. The maximum absolute atomic E-state index is 7.94. The molecule has 1 N–H and O–H groups in total. The molecule has 0 aliphatic rings. The molecule has 2 nitrogen and oxygen atoms in total. The van der Waals surface area contributed by atoms with Gasteiger partial charge >= 0.3 is 48.9 Å². The van der Waals surface area contributed by atoms with E-state index in [1.165, 1.54) is 0 Å². The summed E-state index contributed by atoms with van der Waals surface area (Å²) in [5.74, 6) is 0. The molecule has 0 unspecified atom stereocenters. The number of hydrogen-bond donors (Lipinski definition) is 1. The number of methoxy groups -OCH3 is 1. The molecule has 0 aromatic rings. The predicted molar refractivity (Wildman–Crippen MR) is 26.9 cm³/mol. The van der Waals surface area contributed by atoms with Crippen molar-refractivity contribution in [1.82, 2.24) is 0 Å². The molecule has 0 amide bonds. The zero-order valence-electron chi connectivity index (χ0n) is 5.98. The predicted octanol–water partition coefficient (Wildman–Crippen LogP) is -0.531. The SMILES string of the molecule is COCCO.[Ba+2].[H-].[H-]. The molecule has 3 heteroatoms. The van der Waals surface area contributed by atoms with Crippen LogP contribution in [0.25, 0.3) is 0 Å². The van der Waals surface area contributed by atoms with E-state index in [1.807, 2.05) is 0 Å². The molecule has 0 aromatic heterocycles. The van der Waals surface area contributed by atoms with Crippen LogP contribution in [0.3, 0.4) is 0 Å². The van der Waals surface area contributed by atoms with Crippen molar-refractivity contribution in [2.75, 3.05) is 20.3 Å². The number of aliphatic hydroxyl groups is 1. The molecule has 0 radical (unpaired) electrons. The number of aliphatic hydroxyl groups excluding tert-OH is 1. The second-order valence-electron chi connectivity index (χ2n) is 0.716. The van der Waals surface area contributed by atoms with E-state index in [9.17, 15) is 0 Å². The zero-order chi connectivity index (χ0) is 4.12. The summed E-state index contributed by atoms with van der Waals surface area (Å²) in [5.41, 5.74) is 0. The molecule has 0 heterocycles. The van der Waals surface area contributed by atoms with Crippen molar-refractivity contribution < 1.29 is 12.7 Å². The summed E-state index contributed by atoms with van der Waals surface area (Å²) in [4.78, 5) is 0. The van der Waals surface area contributed by atoms with Crippen molar-refractivity contribution >= 4 is 48.9 Å². The fraction of sp³-hybridized carbons (Fsp3) is 1.00. The third-order valence-electron chi connectivity index (χ3n) is 0.295. The van der Waals surface area contributed by atoms with Crippen LogP contribution >= 0.6 is 0 Å². The van der Waals surface area contributed by atoms with Crippen molar-refractivity contribution in [2.45, 2.75) is 0 Å². The van der Waals surface area contributed by atoms with E-state index in [0.29, 0.717) is 6.61 Å². The molecular weight excluding hydrogens is 205 g/mol. The van der Waals surface area contributed by atoms with Gasteiger partial charge < -0.3 is 12.7 Å². The quantitative estimate of drug-likeness (QED) is 0.628. The van der Waals surface area contributed by atoms with E-state index in [0.717, 1.165) is 0 Å². The molecule has 0 saturated carbocycles. The smallest absolute Gasteiger partial charge is 1.00 e. The largest absolute Gasteiger partial charge is 2.00 e. The summed E-state index contributed by atoms with van der Waals surface area (Å²) in [6.07, 6.45) is 0. The van der Waals surface area contributed by atoms with E-state index >= 15 is 0 Å². The van der Waals surface area contributed by atoms with Crippen LogP contribution in [0.5, 0.6) is 0 Å². The summed E-state index contributed by atoms with van der Waals surface area (Å²) in [7, 11) is 1.55. The number of hydrogen-bond acceptors (Lipinski definition) is 2. The van der Waals surface area contributed by atoms with E-state index < -0.39 is 0 Å². The summed E-state index contributed by atoms with van der Waals surface area (Å²) in [5, 5.41) is 7.94. The standard InChI is InChI=1S/C3H8O2.Ba.2H/c1-5-3-2-4;;;/h4H,2-3H2,1H3;;;/q;+2;2*-1. The van der Waals surface area contributed by atoms with E-state index in [1.54, 1.807) is 7.11 Å². The maximum Gasteiger partial charge on any atom is 2.00 e. The van der Waals surface area contributed by atoms with Crippen LogP contribution in [0.4, 0.5) is 0 Å². The minimum absolute atomic E-state index is 0. The monoisotopic (exact) mass is 216 g/mol. The summed E-state index contributed by atoms with van der Waals surface area (Å²) in [6, 6.07) is 0. The Morgan fingerprint density at radius 3 is 2.33 bits per heavy atom. The first kappa shape index (κ1) is 10.5. The first-order valence-corrected chi connectivity index (χ1v) is 1.51. The third-order valence-corrected chi connectivity index (χ3v) is 0.295. The van der Waals surface area contributed by atoms with Crippen LogP contribution in [0.1, 0.15) is 2.85 Å². The molecule has 36 valence electrons. The first-order valence-electron chi connectivity index (χ1n) is 1.51. The maximum atomic E-state index is 7.94. The van der Waals surface area contributed by atoms with Gasteiger partial charge in [0.25, 0.3) is 0 Å². The van der Waals surface area contributed by atoms with Crippen LogP contribution in [0.15, 0.2) is 0 Å². The molecule has 0 spiro atoms. The van der Waals surface area contributed by atoms with Crippen molar-refractivity contribution in [3.63, 3.8) is 0 Å². The third kappa shape index (κ3) is 9.09. The Hall–Kier alpha value is 1.49. The van der Waals surface area contributed by atoms with Gasteiger partial charge in [0.1, 0.15) is 0 Å². The Kier molecular flexibility index (Phi) is 16.9. The van der Waals surface area contributed by atoms with Gasteiger partial charge in [0, 0.05) is 7.11 Å². The van der Waals surface area contributed by atoms with Crippen LogP contribution in [-0.4, -0.2) is 74.3 Å². The molecule has 0 aliphatic heterocycles. The molecule has 0 atom stereocenters. The molecule has 0 saturated heterocycles. The first-order chi connectivity index (χ1) is 2.41. The van der Waals surface area contributed by atoms with Crippen molar-refractivity contribution in [3.05, 3.63) is 0 Å². The van der Waals surface area contributed by atoms with E-state index in [2.05, 4.69) is 4.74 Å². The Labute approximate surface area is 80.9 Å². The summed E-state index contributed by atoms with van der Waals surface area (Å²) >= 11 is 0. The van der Waals surface area contributed by atoms with Crippen LogP contribution < -0.4 is 0 Å². The van der Waals surface area contributed by atoms with Gasteiger partial charge in [-0.2, -0.15) is 0 Å². The molecule has 0 aromatic carbocycles. The van der Waals surface area contributed by atoms with Gasteiger partial charge in [-0.25, -0.2) is 0 Å². The molecule has 0 fully saturated rings. The molecule has 6 heavy (non-hydrogen) atoms. The van der Waals surface area contributed by atoms with Crippen molar-refractivity contribution in [3.8, 4) is 0 Å². The van der Waals surface area contributed by atoms with Gasteiger partial charge in [0.05, 0.1) is 13.2 Å². The molecule has 0 aliphatic carbocycles. The second kappa shape index (κ2) is 9.70. The summed E-state index contributed by atoms with van der Waals surface area (Å²) in [6.45, 7) is 0.566. The van der Waals surface area contributed by atoms with E-state index in [-0.39, 0.29) is 58.3 Å². The van der Waals surface area contributed by atoms with E-state index in [4.69, 9.17) is 5.11 Å². The van der Waals surface area contributed by atoms with Crippen LogP contribution in [-0.2, 0) is 4.74 Å². The fourth-order valence-corrected chi connectivity index (χ4v) is 0.0913. The molecule has 0 rings (SSSR count). The van der Waals surface area contributed by atoms with Crippen molar-refractivity contribution in [1.29, 1.82) is 0 Å². The van der Waals surface area contributed by atoms with Gasteiger partial charge in [0.15, 0.2) is 0 Å². The van der Waals surface area contributed by atoms with Crippen LogP contribution in [0.2, 0.25) is 0 Å². The normalized spacial score (nSPS) is 7.00. The molecular formula is C3H10BaO2. The molecule has 0 bridgehead atoms. The average molecular weight is 215 g/mol. The summed E-state index contributed by atoms with van der Waals surface area (Å²) < 4.78 is 4.44. The minimum atomic E-state index is 0. The number of rotatable bonds is 2. The Morgan fingerprint density at radius 1 is 1.83 bits per heavy atom. The Balaban J connectivity index is -0.0000000267. The topological polar surface area (TPSA) is 29.5 Å². The van der Waals surface area contributed by atoms with Crippen molar-refractivity contribution in [2.24, 2.45) is 0 Å². The Bertz CT molecular complexity index is 22.8. The van der Waals surface area contributed by atoms with Gasteiger partial charge in [-0.1, -0.05) is 0 Å². The van der Waals surface area contributed by atoms with Gasteiger partial charge in [-0.15, -0.1) is 0 Å². The Morgan fingerprint density at radius 2 is 2.33 bits per heavy atom. The fourth-order valence-electron chi connectivity index (χ4n) is 0.0913. The zero-order valence-corrected chi connectivity index (χ0v) is 8.42. The minimum Gasteiger partial charge on any atom is -1.00 e. The van der Waals surface area contributed by atoms with Gasteiger partial charge in [-0.3, -0.25) is 0 Å². The van der Waals surface area contributed by atoms with Crippen LogP contribution in [0, 0.1) is 0 Å². The average Bonchev–Trinajstić information content (AvgIpc) is 1.41. The second-order valence-corrected chi connectivity index (χ2v) is 0.716.